The van der Waals surface area contributed by atoms with E-state index in [1.54, 1.807) is 0 Å². The Labute approximate surface area is 219 Å². The Balaban J connectivity index is 1.59. The molecule has 180 valence electrons. The number of hydrogen-bond acceptors (Lipinski definition) is 5. The molecule has 1 heterocycles. The monoisotopic (exact) mass is 511 g/mol. The Morgan fingerprint density at radius 1 is 0.972 bits per heavy atom. The quantitative estimate of drug-likeness (QED) is 0.228. The Morgan fingerprint density at radius 3 is 2.39 bits per heavy atom. The molecule has 0 fully saturated rings. The van der Waals surface area contributed by atoms with Gasteiger partial charge < -0.3 is 10.6 Å². The van der Waals surface area contributed by atoms with Gasteiger partial charge in [0.05, 0.1) is 5.56 Å². The fraction of sp³-hybridized carbons (Fsp3) is 0.138. The predicted octanol–water partition coefficient (Wildman–Crippen LogP) is 7.50. The van der Waals surface area contributed by atoms with Gasteiger partial charge in [0.25, 0.3) is 0 Å². The molecule has 0 aliphatic rings. The van der Waals surface area contributed by atoms with E-state index in [0.717, 1.165) is 28.0 Å². The molecular weight excluding hydrogens is 486 g/mol. The molecule has 5 nitrogen and oxygen atoms in total. The van der Waals surface area contributed by atoms with E-state index in [1.165, 1.54) is 23.1 Å². The van der Waals surface area contributed by atoms with E-state index in [4.69, 9.17) is 0 Å². The Kier molecular flexibility index (Phi) is 8.56. The highest BCUT2D eigenvalue weighted by Crippen LogP contribution is 2.40. The Morgan fingerprint density at radius 2 is 1.69 bits per heavy atom. The van der Waals surface area contributed by atoms with Crippen LogP contribution in [0.2, 0.25) is 0 Å². The first-order valence-electron chi connectivity index (χ1n) is 11.6. The van der Waals surface area contributed by atoms with Gasteiger partial charge in [0.2, 0.25) is 11.8 Å². The summed E-state index contributed by atoms with van der Waals surface area (Å²) in [5.41, 5.74) is 3.73. The van der Waals surface area contributed by atoms with E-state index in [9.17, 15) is 14.9 Å². The normalized spacial score (nSPS) is 11.3. The first-order valence-corrected chi connectivity index (χ1v) is 13.3. The van der Waals surface area contributed by atoms with Crippen molar-refractivity contribution in [1.82, 2.24) is 0 Å². The summed E-state index contributed by atoms with van der Waals surface area (Å²) >= 11 is 2.74. The number of carbonyl (C=O) groups excluding carboxylic acids is 2. The van der Waals surface area contributed by atoms with Crippen LogP contribution in [0.1, 0.15) is 36.1 Å². The van der Waals surface area contributed by atoms with Crippen molar-refractivity contribution in [2.45, 2.75) is 29.9 Å². The molecule has 7 heteroatoms. The second-order valence-electron chi connectivity index (χ2n) is 8.06. The maximum Gasteiger partial charge on any atom is 0.243 e. The van der Waals surface area contributed by atoms with Crippen LogP contribution in [0.15, 0.2) is 95.2 Å². The van der Waals surface area contributed by atoms with Crippen molar-refractivity contribution < 1.29 is 9.59 Å². The van der Waals surface area contributed by atoms with Crippen LogP contribution in [0.4, 0.5) is 10.7 Å². The van der Waals surface area contributed by atoms with Gasteiger partial charge in [0.1, 0.15) is 16.3 Å². The summed E-state index contributed by atoms with van der Waals surface area (Å²) in [7, 11) is 0. The number of nitrogens with zero attached hydrogens (tertiary/aromatic N) is 1. The van der Waals surface area contributed by atoms with Gasteiger partial charge in [-0.15, -0.1) is 23.1 Å². The van der Waals surface area contributed by atoms with E-state index in [2.05, 4.69) is 16.7 Å². The average molecular weight is 512 g/mol. The number of nitriles is 1. The summed E-state index contributed by atoms with van der Waals surface area (Å²) in [6, 6.07) is 29.0. The first-order chi connectivity index (χ1) is 17.6. The minimum absolute atomic E-state index is 0.0343. The molecule has 0 aliphatic heterocycles. The molecule has 0 saturated heterocycles. The van der Waals surface area contributed by atoms with Crippen molar-refractivity contribution in [1.29, 1.82) is 5.26 Å². The van der Waals surface area contributed by atoms with E-state index >= 15 is 0 Å². The van der Waals surface area contributed by atoms with Crippen LogP contribution in [0.3, 0.4) is 0 Å². The van der Waals surface area contributed by atoms with E-state index in [0.29, 0.717) is 22.7 Å². The molecule has 1 aromatic heterocycles. The molecule has 0 spiro atoms. The molecule has 3 aromatic carbocycles. The summed E-state index contributed by atoms with van der Waals surface area (Å²) in [4.78, 5) is 26.5. The maximum atomic E-state index is 13.6. The summed E-state index contributed by atoms with van der Waals surface area (Å²) in [5, 5.41) is 17.6. The Hall–Kier alpha value is -3.86. The predicted molar refractivity (Wildman–Crippen MR) is 148 cm³/mol. The van der Waals surface area contributed by atoms with Crippen LogP contribution >= 0.6 is 23.1 Å². The zero-order chi connectivity index (χ0) is 25.3. The number of amides is 2. The van der Waals surface area contributed by atoms with Crippen LogP contribution in [0.25, 0.3) is 11.1 Å². The van der Waals surface area contributed by atoms with Gasteiger partial charge in [-0.2, -0.15) is 5.26 Å². The largest absolute Gasteiger partial charge is 0.326 e. The van der Waals surface area contributed by atoms with Gasteiger partial charge >= 0.3 is 0 Å². The average Bonchev–Trinajstić information content (AvgIpc) is 3.31. The van der Waals surface area contributed by atoms with Gasteiger partial charge in [-0.25, -0.2) is 0 Å². The van der Waals surface area contributed by atoms with Crippen LogP contribution in [0.5, 0.6) is 0 Å². The lowest BCUT2D eigenvalue weighted by Gasteiger charge is -2.17. The molecule has 0 aliphatic carbocycles. The number of thioether (sulfide) groups is 1. The molecule has 4 rings (SSSR count). The fourth-order valence-corrected chi connectivity index (χ4v) is 5.71. The minimum atomic E-state index is -0.554. The van der Waals surface area contributed by atoms with Gasteiger partial charge in [-0.1, -0.05) is 73.7 Å². The van der Waals surface area contributed by atoms with Gasteiger partial charge in [-0.3, -0.25) is 9.59 Å². The standard InChI is InChI=1S/C29H25N3O2S2/c1-2-10-26(33)31-22-15-9-16-23(17-22)36-27(21-13-7-4-8-14-21)28(34)32-29-24(18-30)25(19-35-29)20-11-5-3-6-12-20/h3-9,11-17,19,27H,2,10H2,1H3,(H,31,33)(H,32,34). The van der Waals surface area contributed by atoms with Gasteiger partial charge in [0, 0.05) is 27.9 Å². The second-order valence-corrected chi connectivity index (χ2v) is 10.1. The summed E-state index contributed by atoms with van der Waals surface area (Å²) in [5.74, 6) is -0.252. The van der Waals surface area contributed by atoms with Gasteiger partial charge in [0.15, 0.2) is 0 Å². The number of thiophene rings is 1. The third kappa shape index (κ3) is 6.22. The van der Waals surface area contributed by atoms with Crippen molar-refractivity contribution in [3.8, 4) is 17.2 Å². The van der Waals surface area contributed by atoms with Crippen LogP contribution in [-0.2, 0) is 9.59 Å². The summed E-state index contributed by atoms with van der Waals surface area (Å²) in [6.07, 6.45) is 1.23. The molecule has 1 atom stereocenters. The number of carbonyl (C=O) groups is 2. The third-order valence-corrected chi connectivity index (χ3v) is 7.56. The third-order valence-electron chi connectivity index (χ3n) is 5.41. The second kappa shape index (κ2) is 12.2. The topological polar surface area (TPSA) is 82.0 Å². The number of benzene rings is 3. The van der Waals surface area contributed by atoms with Crippen molar-refractivity contribution in [3.05, 3.63) is 101 Å². The zero-order valence-electron chi connectivity index (χ0n) is 19.7. The number of rotatable bonds is 9. The lowest BCUT2D eigenvalue weighted by atomic mass is 10.1. The van der Waals surface area contributed by atoms with Crippen LogP contribution in [0, 0.1) is 11.3 Å². The SMILES string of the molecule is CCCC(=O)Nc1cccc(SC(C(=O)Nc2scc(-c3ccccc3)c2C#N)c2ccccc2)c1. The number of hydrogen-bond donors (Lipinski definition) is 2. The molecule has 1 unspecified atom stereocenters. The Bertz CT molecular complexity index is 1380. The maximum absolute atomic E-state index is 13.6. The van der Waals surface area contributed by atoms with E-state index in [-0.39, 0.29) is 11.8 Å². The minimum Gasteiger partial charge on any atom is -0.326 e. The molecule has 2 N–H and O–H groups in total. The molecule has 0 bridgehead atoms. The smallest absolute Gasteiger partial charge is 0.243 e. The van der Waals surface area contributed by atoms with E-state index < -0.39 is 5.25 Å². The number of anilines is 2. The van der Waals surface area contributed by atoms with Gasteiger partial charge in [-0.05, 0) is 35.7 Å². The van der Waals surface area contributed by atoms with Crippen molar-refractivity contribution in [2.24, 2.45) is 0 Å². The molecule has 0 saturated carbocycles. The highest BCUT2D eigenvalue weighted by Gasteiger charge is 2.25. The van der Waals surface area contributed by atoms with Crippen LogP contribution in [-0.4, -0.2) is 11.8 Å². The van der Waals surface area contributed by atoms with Crippen molar-refractivity contribution in [2.75, 3.05) is 10.6 Å². The zero-order valence-corrected chi connectivity index (χ0v) is 21.4. The van der Waals surface area contributed by atoms with Crippen LogP contribution < -0.4 is 10.6 Å². The van der Waals surface area contributed by atoms with Crippen molar-refractivity contribution >= 4 is 45.6 Å². The summed E-state index contributed by atoms with van der Waals surface area (Å²) < 4.78 is 0. The molecular formula is C29H25N3O2S2. The highest BCUT2D eigenvalue weighted by molar-refractivity contribution is 8.00. The first kappa shape index (κ1) is 25.2. The molecule has 4 aromatic rings. The highest BCUT2D eigenvalue weighted by atomic mass is 32.2. The summed E-state index contributed by atoms with van der Waals surface area (Å²) in [6.45, 7) is 1.96. The molecule has 2 amide bonds. The molecule has 0 radical (unpaired) electrons. The number of nitrogens with one attached hydrogen (secondary N) is 2. The lowest BCUT2D eigenvalue weighted by molar-refractivity contribution is -0.116. The lowest BCUT2D eigenvalue weighted by Crippen LogP contribution is -2.19. The van der Waals surface area contributed by atoms with E-state index in [1.807, 2.05) is 97.2 Å². The van der Waals surface area contributed by atoms with Crippen molar-refractivity contribution in [3.63, 3.8) is 0 Å². The molecule has 36 heavy (non-hydrogen) atoms. The fourth-order valence-electron chi connectivity index (χ4n) is 3.70.